The molecule has 0 aliphatic rings. The Kier molecular flexibility index (Phi) is 4.54. The first-order chi connectivity index (χ1) is 9.89. The van der Waals surface area contributed by atoms with Crippen molar-refractivity contribution in [1.82, 2.24) is 9.29 Å². The molecule has 0 bridgehead atoms. The van der Waals surface area contributed by atoms with Crippen molar-refractivity contribution in [2.75, 3.05) is 19.3 Å². The van der Waals surface area contributed by atoms with Crippen molar-refractivity contribution in [1.29, 1.82) is 0 Å². The van der Waals surface area contributed by atoms with Gasteiger partial charge in [-0.1, -0.05) is 6.07 Å². The van der Waals surface area contributed by atoms with Gasteiger partial charge in [-0.25, -0.2) is 17.1 Å². The van der Waals surface area contributed by atoms with Crippen LogP contribution in [-0.2, 0) is 16.4 Å². The van der Waals surface area contributed by atoms with Crippen LogP contribution in [0.25, 0.3) is 0 Å². The Balaban J connectivity index is 2.15. The predicted molar refractivity (Wildman–Crippen MR) is 78.6 cm³/mol. The van der Waals surface area contributed by atoms with Gasteiger partial charge >= 0.3 is 0 Å². The van der Waals surface area contributed by atoms with Gasteiger partial charge in [0.2, 0.25) is 10.0 Å². The van der Waals surface area contributed by atoms with Crippen LogP contribution in [0.3, 0.4) is 0 Å². The highest BCUT2D eigenvalue weighted by atomic mass is 32.2. The van der Waals surface area contributed by atoms with E-state index in [0.717, 1.165) is 22.1 Å². The zero-order valence-electron chi connectivity index (χ0n) is 11.5. The van der Waals surface area contributed by atoms with E-state index in [1.54, 1.807) is 12.3 Å². The first-order valence-corrected chi connectivity index (χ1v) is 7.76. The summed E-state index contributed by atoms with van der Waals surface area (Å²) in [6, 6.07) is 8.73. The molecule has 1 aromatic heterocycles. The Labute approximate surface area is 123 Å². The van der Waals surface area contributed by atoms with Gasteiger partial charge in [0.1, 0.15) is 5.82 Å². The summed E-state index contributed by atoms with van der Waals surface area (Å²) in [7, 11) is -2.32. The van der Waals surface area contributed by atoms with Crippen molar-refractivity contribution in [3.8, 4) is 0 Å². The number of rotatable bonds is 5. The number of nitrogen functional groups attached to an aromatic ring is 1. The number of hydrogen-bond donors (Lipinski definition) is 1. The highest BCUT2D eigenvalue weighted by molar-refractivity contribution is 7.89. The van der Waals surface area contributed by atoms with E-state index in [1.807, 2.05) is 12.1 Å². The van der Waals surface area contributed by atoms with E-state index < -0.39 is 15.8 Å². The molecule has 2 N–H and O–H groups in total. The third-order valence-electron chi connectivity index (χ3n) is 3.01. The quantitative estimate of drug-likeness (QED) is 0.852. The maximum absolute atomic E-state index is 13.3. The van der Waals surface area contributed by atoms with Crippen molar-refractivity contribution < 1.29 is 12.8 Å². The van der Waals surface area contributed by atoms with Gasteiger partial charge in [-0.3, -0.25) is 4.98 Å². The summed E-state index contributed by atoms with van der Waals surface area (Å²) in [6.45, 7) is 0.246. The molecular formula is C14H16FN3O2S. The van der Waals surface area contributed by atoms with E-state index in [0.29, 0.717) is 6.42 Å². The SMILES string of the molecule is CN(CCc1ccccn1)S(=O)(=O)c1cc(N)cc(F)c1. The van der Waals surface area contributed by atoms with Gasteiger partial charge in [0.25, 0.3) is 0 Å². The summed E-state index contributed by atoms with van der Waals surface area (Å²) in [4.78, 5) is 3.98. The second-order valence-corrected chi connectivity index (χ2v) is 6.66. The van der Waals surface area contributed by atoms with Crippen molar-refractivity contribution in [2.45, 2.75) is 11.3 Å². The fourth-order valence-electron chi connectivity index (χ4n) is 1.85. The molecule has 5 nitrogen and oxygen atoms in total. The Morgan fingerprint density at radius 2 is 2.05 bits per heavy atom. The standard InChI is InChI=1S/C14H16FN3O2S/c1-18(7-5-13-4-2-3-6-17-13)21(19,20)14-9-11(15)8-12(16)10-14/h2-4,6,8-10H,5,7,16H2,1H3. The molecule has 21 heavy (non-hydrogen) atoms. The average molecular weight is 309 g/mol. The van der Waals surface area contributed by atoms with Gasteiger partial charge in [0, 0.05) is 37.6 Å². The van der Waals surface area contributed by atoms with Crippen molar-refractivity contribution in [3.05, 3.63) is 54.1 Å². The summed E-state index contributed by atoms with van der Waals surface area (Å²) >= 11 is 0. The first kappa shape index (κ1) is 15.4. The zero-order valence-corrected chi connectivity index (χ0v) is 12.3. The molecule has 0 fully saturated rings. The number of aromatic nitrogens is 1. The van der Waals surface area contributed by atoms with Crippen LogP contribution in [0.4, 0.5) is 10.1 Å². The van der Waals surface area contributed by atoms with Crippen LogP contribution in [-0.4, -0.2) is 31.3 Å². The molecule has 0 radical (unpaired) electrons. The number of nitrogens with zero attached hydrogens (tertiary/aromatic N) is 2. The van der Waals surface area contributed by atoms with Gasteiger partial charge in [-0.2, -0.15) is 0 Å². The van der Waals surface area contributed by atoms with E-state index in [2.05, 4.69) is 4.98 Å². The molecule has 1 heterocycles. The van der Waals surface area contributed by atoms with Crippen LogP contribution >= 0.6 is 0 Å². The molecule has 0 amide bonds. The lowest BCUT2D eigenvalue weighted by atomic mass is 10.3. The third-order valence-corrected chi connectivity index (χ3v) is 4.85. The fraction of sp³-hybridized carbons (Fsp3) is 0.214. The topological polar surface area (TPSA) is 76.3 Å². The molecule has 0 spiro atoms. The van der Waals surface area contributed by atoms with Crippen molar-refractivity contribution >= 4 is 15.7 Å². The summed E-state index contributed by atoms with van der Waals surface area (Å²) < 4.78 is 39.1. The van der Waals surface area contributed by atoms with Crippen LogP contribution in [0.5, 0.6) is 0 Å². The van der Waals surface area contributed by atoms with Gasteiger partial charge in [0.05, 0.1) is 4.90 Å². The molecule has 0 aliphatic carbocycles. The van der Waals surface area contributed by atoms with Crippen LogP contribution in [0.1, 0.15) is 5.69 Å². The number of halogens is 1. The predicted octanol–water partition coefficient (Wildman–Crippen LogP) is 1.67. The number of hydrogen-bond acceptors (Lipinski definition) is 4. The maximum atomic E-state index is 13.3. The molecule has 0 saturated heterocycles. The molecule has 2 aromatic rings. The monoisotopic (exact) mass is 309 g/mol. The number of likely N-dealkylation sites (N-methyl/N-ethyl adjacent to an activating group) is 1. The summed E-state index contributed by atoms with van der Waals surface area (Å²) in [6.07, 6.45) is 2.12. The average Bonchev–Trinajstić information content (AvgIpc) is 2.44. The van der Waals surface area contributed by atoms with Crippen molar-refractivity contribution in [3.63, 3.8) is 0 Å². The second kappa shape index (κ2) is 6.19. The molecule has 2 rings (SSSR count). The Bertz CT molecular complexity index is 700. The van der Waals surface area contributed by atoms with E-state index in [-0.39, 0.29) is 17.1 Å². The van der Waals surface area contributed by atoms with Gasteiger partial charge < -0.3 is 5.73 Å². The molecule has 0 atom stereocenters. The lowest BCUT2D eigenvalue weighted by molar-refractivity contribution is 0.470. The van der Waals surface area contributed by atoms with E-state index in [4.69, 9.17) is 5.73 Å². The number of anilines is 1. The van der Waals surface area contributed by atoms with E-state index >= 15 is 0 Å². The lowest BCUT2D eigenvalue weighted by Gasteiger charge is -2.17. The van der Waals surface area contributed by atoms with Crippen LogP contribution in [0.2, 0.25) is 0 Å². The largest absolute Gasteiger partial charge is 0.399 e. The Morgan fingerprint density at radius 3 is 2.67 bits per heavy atom. The molecule has 7 heteroatoms. The summed E-state index contributed by atoms with van der Waals surface area (Å²) in [5.41, 5.74) is 6.35. The second-order valence-electron chi connectivity index (χ2n) is 4.62. The van der Waals surface area contributed by atoms with Gasteiger partial charge in [0.15, 0.2) is 0 Å². The smallest absolute Gasteiger partial charge is 0.243 e. The van der Waals surface area contributed by atoms with Gasteiger partial charge in [-0.15, -0.1) is 0 Å². The molecule has 1 aromatic carbocycles. The Hall–Kier alpha value is -1.99. The van der Waals surface area contributed by atoms with E-state index in [1.165, 1.54) is 13.1 Å². The maximum Gasteiger partial charge on any atom is 0.243 e. The van der Waals surface area contributed by atoms with E-state index in [9.17, 15) is 12.8 Å². The molecule has 112 valence electrons. The number of nitrogens with two attached hydrogens (primary N) is 1. The molecular weight excluding hydrogens is 293 g/mol. The van der Waals surface area contributed by atoms with Crippen molar-refractivity contribution in [2.24, 2.45) is 0 Å². The first-order valence-electron chi connectivity index (χ1n) is 6.32. The zero-order chi connectivity index (χ0) is 15.5. The number of sulfonamides is 1. The normalized spacial score (nSPS) is 11.8. The highest BCUT2D eigenvalue weighted by Crippen LogP contribution is 2.19. The minimum absolute atomic E-state index is 0.0756. The Morgan fingerprint density at radius 1 is 1.29 bits per heavy atom. The minimum atomic E-state index is -3.77. The molecule has 0 unspecified atom stereocenters. The van der Waals surface area contributed by atoms with Crippen LogP contribution < -0.4 is 5.73 Å². The summed E-state index contributed by atoms with van der Waals surface area (Å²) in [5, 5.41) is 0. The highest BCUT2D eigenvalue weighted by Gasteiger charge is 2.21. The minimum Gasteiger partial charge on any atom is -0.399 e. The molecule has 0 aliphatic heterocycles. The van der Waals surface area contributed by atoms with Gasteiger partial charge in [-0.05, 0) is 30.3 Å². The number of benzene rings is 1. The third kappa shape index (κ3) is 3.77. The lowest BCUT2D eigenvalue weighted by Crippen LogP contribution is -2.29. The summed E-state index contributed by atoms with van der Waals surface area (Å²) in [5.74, 6) is -0.674. The van der Waals surface area contributed by atoms with Crippen LogP contribution in [0, 0.1) is 5.82 Å². The van der Waals surface area contributed by atoms with Crippen LogP contribution in [0.15, 0.2) is 47.5 Å². The fourth-order valence-corrected chi connectivity index (χ4v) is 3.09. The molecule has 0 saturated carbocycles. The number of pyridine rings is 1.